The smallest absolute Gasteiger partial charge is 0.132 e. The summed E-state index contributed by atoms with van der Waals surface area (Å²) in [5.74, 6) is 0.982. The number of nitrogen functional groups attached to an aromatic ring is 1. The van der Waals surface area contributed by atoms with Crippen LogP contribution in [0.25, 0.3) is 0 Å². The Morgan fingerprint density at radius 1 is 1.25 bits per heavy atom. The highest BCUT2D eigenvalue weighted by Crippen LogP contribution is 2.18. The average molecular weight is 219 g/mol. The predicted octanol–water partition coefficient (Wildman–Crippen LogP) is 3.06. The van der Waals surface area contributed by atoms with Gasteiger partial charge >= 0.3 is 0 Å². The van der Waals surface area contributed by atoms with Crippen molar-refractivity contribution in [3.8, 4) is 0 Å². The first-order chi connectivity index (χ1) is 7.49. The number of ketones is 1. The molecule has 0 spiro atoms. The van der Waals surface area contributed by atoms with Gasteiger partial charge in [-0.25, -0.2) is 0 Å². The molecule has 0 fully saturated rings. The van der Waals surface area contributed by atoms with Crippen molar-refractivity contribution in [1.29, 1.82) is 0 Å². The van der Waals surface area contributed by atoms with E-state index in [0.717, 1.165) is 18.5 Å². The Morgan fingerprint density at radius 3 is 2.31 bits per heavy atom. The molecule has 1 aromatic carbocycles. The first kappa shape index (κ1) is 12.8. The van der Waals surface area contributed by atoms with Crippen LogP contribution < -0.4 is 5.73 Å². The molecule has 0 aliphatic rings. The van der Waals surface area contributed by atoms with Gasteiger partial charge in [0, 0.05) is 11.6 Å². The molecule has 2 atom stereocenters. The third kappa shape index (κ3) is 4.05. The number of benzene rings is 1. The van der Waals surface area contributed by atoms with E-state index in [1.807, 2.05) is 19.1 Å². The zero-order valence-corrected chi connectivity index (χ0v) is 10.4. The molecule has 88 valence electrons. The second-order valence-corrected chi connectivity index (χ2v) is 4.80. The van der Waals surface area contributed by atoms with Crippen molar-refractivity contribution in [2.45, 2.75) is 33.6 Å². The Bertz CT molecular complexity index is 342. The van der Waals surface area contributed by atoms with E-state index in [9.17, 15) is 4.79 Å². The summed E-state index contributed by atoms with van der Waals surface area (Å²) >= 11 is 0. The van der Waals surface area contributed by atoms with Gasteiger partial charge in [-0.2, -0.15) is 0 Å². The molecule has 2 N–H and O–H groups in total. The third-order valence-corrected chi connectivity index (χ3v) is 3.01. The van der Waals surface area contributed by atoms with Gasteiger partial charge in [0.1, 0.15) is 5.78 Å². The standard InChI is InChI=1S/C14H21NO/c1-10(8-11(2)12(3)16)9-13-4-6-14(15)7-5-13/h4-7,10-11H,8-9,15H2,1-3H3. The first-order valence-electron chi connectivity index (χ1n) is 5.84. The molecule has 0 aliphatic carbocycles. The lowest BCUT2D eigenvalue weighted by Crippen LogP contribution is -2.12. The Hall–Kier alpha value is -1.31. The van der Waals surface area contributed by atoms with E-state index in [0.29, 0.717) is 5.92 Å². The number of hydrogen-bond acceptors (Lipinski definition) is 2. The van der Waals surface area contributed by atoms with Crippen molar-refractivity contribution in [2.24, 2.45) is 11.8 Å². The Kier molecular flexibility index (Phi) is 4.53. The summed E-state index contributed by atoms with van der Waals surface area (Å²) in [5, 5.41) is 0. The summed E-state index contributed by atoms with van der Waals surface area (Å²) in [6, 6.07) is 7.97. The molecule has 0 saturated heterocycles. The number of rotatable bonds is 5. The molecule has 2 nitrogen and oxygen atoms in total. The van der Waals surface area contributed by atoms with E-state index in [2.05, 4.69) is 19.1 Å². The van der Waals surface area contributed by atoms with Crippen LogP contribution in [0.4, 0.5) is 5.69 Å². The van der Waals surface area contributed by atoms with Crippen molar-refractivity contribution in [1.82, 2.24) is 0 Å². The fraction of sp³-hybridized carbons (Fsp3) is 0.500. The number of Topliss-reactive ketones (excluding diaryl/α,β-unsaturated/α-hetero) is 1. The second-order valence-electron chi connectivity index (χ2n) is 4.80. The molecule has 0 radical (unpaired) electrons. The molecule has 1 rings (SSSR count). The molecule has 0 saturated carbocycles. The minimum atomic E-state index is 0.170. The Balaban J connectivity index is 2.48. The molecule has 0 heterocycles. The third-order valence-electron chi connectivity index (χ3n) is 3.01. The summed E-state index contributed by atoms with van der Waals surface area (Å²) in [5.41, 5.74) is 7.72. The van der Waals surface area contributed by atoms with Gasteiger partial charge in [-0.1, -0.05) is 26.0 Å². The largest absolute Gasteiger partial charge is 0.399 e. The van der Waals surface area contributed by atoms with Gasteiger partial charge in [-0.15, -0.1) is 0 Å². The van der Waals surface area contributed by atoms with Gasteiger partial charge in [0.15, 0.2) is 0 Å². The second kappa shape index (κ2) is 5.69. The van der Waals surface area contributed by atoms with Gasteiger partial charge in [-0.3, -0.25) is 4.79 Å². The Morgan fingerprint density at radius 2 is 1.81 bits per heavy atom. The van der Waals surface area contributed by atoms with E-state index in [1.54, 1.807) is 6.92 Å². The van der Waals surface area contributed by atoms with E-state index < -0.39 is 0 Å². The van der Waals surface area contributed by atoms with Gasteiger partial charge in [0.2, 0.25) is 0 Å². The van der Waals surface area contributed by atoms with Crippen LogP contribution in [0.1, 0.15) is 32.8 Å². The van der Waals surface area contributed by atoms with E-state index in [4.69, 9.17) is 5.73 Å². The quantitative estimate of drug-likeness (QED) is 0.773. The highest BCUT2D eigenvalue weighted by atomic mass is 16.1. The lowest BCUT2D eigenvalue weighted by atomic mass is 9.90. The molecule has 16 heavy (non-hydrogen) atoms. The van der Waals surface area contributed by atoms with Crippen molar-refractivity contribution < 1.29 is 4.79 Å². The van der Waals surface area contributed by atoms with Crippen LogP contribution in [-0.4, -0.2) is 5.78 Å². The monoisotopic (exact) mass is 219 g/mol. The fourth-order valence-corrected chi connectivity index (χ4v) is 1.91. The molecule has 2 heteroatoms. The molecule has 1 aromatic rings. The fourth-order valence-electron chi connectivity index (χ4n) is 1.91. The molecule has 0 aromatic heterocycles. The van der Waals surface area contributed by atoms with Crippen LogP contribution in [0.3, 0.4) is 0 Å². The molecule has 0 amide bonds. The van der Waals surface area contributed by atoms with E-state index >= 15 is 0 Å². The summed E-state index contributed by atoms with van der Waals surface area (Å²) in [7, 11) is 0. The zero-order valence-electron chi connectivity index (χ0n) is 10.4. The summed E-state index contributed by atoms with van der Waals surface area (Å²) in [6.07, 6.45) is 1.97. The van der Waals surface area contributed by atoms with Crippen LogP contribution in [0.15, 0.2) is 24.3 Å². The van der Waals surface area contributed by atoms with Gasteiger partial charge in [0.25, 0.3) is 0 Å². The molecule has 0 bridgehead atoms. The molecule has 2 unspecified atom stereocenters. The minimum absolute atomic E-state index is 0.170. The Labute approximate surface area is 97.9 Å². The maximum Gasteiger partial charge on any atom is 0.132 e. The van der Waals surface area contributed by atoms with Crippen LogP contribution in [0, 0.1) is 11.8 Å². The summed E-state index contributed by atoms with van der Waals surface area (Å²) in [4.78, 5) is 11.2. The highest BCUT2D eigenvalue weighted by Gasteiger charge is 2.12. The average Bonchev–Trinajstić information content (AvgIpc) is 2.21. The minimum Gasteiger partial charge on any atom is -0.399 e. The lowest BCUT2D eigenvalue weighted by Gasteiger charge is -2.15. The number of hydrogen-bond donors (Lipinski definition) is 1. The lowest BCUT2D eigenvalue weighted by molar-refractivity contribution is -0.120. The molecular weight excluding hydrogens is 198 g/mol. The van der Waals surface area contributed by atoms with Crippen molar-refractivity contribution in [3.05, 3.63) is 29.8 Å². The van der Waals surface area contributed by atoms with Crippen molar-refractivity contribution >= 4 is 11.5 Å². The van der Waals surface area contributed by atoms with Crippen molar-refractivity contribution in [3.63, 3.8) is 0 Å². The van der Waals surface area contributed by atoms with E-state index in [1.165, 1.54) is 5.56 Å². The van der Waals surface area contributed by atoms with Crippen LogP contribution in [-0.2, 0) is 11.2 Å². The number of carbonyl (C=O) groups is 1. The topological polar surface area (TPSA) is 43.1 Å². The number of anilines is 1. The maximum atomic E-state index is 11.2. The summed E-state index contributed by atoms with van der Waals surface area (Å²) < 4.78 is 0. The SMILES string of the molecule is CC(=O)C(C)CC(C)Cc1ccc(N)cc1. The van der Waals surface area contributed by atoms with Crippen LogP contribution in [0.2, 0.25) is 0 Å². The molecular formula is C14H21NO. The first-order valence-corrected chi connectivity index (χ1v) is 5.84. The maximum absolute atomic E-state index is 11.2. The number of carbonyl (C=O) groups excluding carboxylic acids is 1. The summed E-state index contributed by atoms with van der Waals surface area (Å²) in [6.45, 7) is 5.86. The van der Waals surface area contributed by atoms with Gasteiger partial charge in [0.05, 0.1) is 0 Å². The van der Waals surface area contributed by atoms with Crippen molar-refractivity contribution in [2.75, 3.05) is 5.73 Å². The zero-order chi connectivity index (χ0) is 12.1. The van der Waals surface area contributed by atoms with Gasteiger partial charge < -0.3 is 5.73 Å². The highest BCUT2D eigenvalue weighted by molar-refractivity contribution is 5.77. The normalized spacial score (nSPS) is 14.4. The van der Waals surface area contributed by atoms with Gasteiger partial charge in [-0.05, 0) is 43.4 Å². The van der Waals surface area contributed by atoms with E-state index in [-0.39, 0.29) is 11.7 Å². The molecule has 0 aliphatic heterocycles. The van der Waals surface area contributed by atoms with Crippen LogP contribution in [0.5, 0.6) is 0 Å². The predicted molar refractivity (Wildman–Crippen MR) is 68.2 cm³/mol. The number of nitrogens with two attached hydrogens (primary N) is 1. The van der Waals surface area contributed by atoms with Crippen LogP contribution >= 0.6 is 0 Å².